The zero-order chi connectivity index (χ0) is 26.1. The highest BCUT2D eigenvalue weighted by Crippen LogP contribution is 2.37. The number of morpholine rings is 1. The second-order valence-electron chi connectivity index (χ2n) is 11.6. The molecule has 2 aromatic rings. The molecule has 0 spiro atoms. The molecule has 4 aliphatic rings. The molecule has 38 heavy (non-hydrogen) atoms. The average molecular weight is 517 g/mol. The van der Waals surface area contributed by atoms with Gasteiger partial charge in [0.25, 0.3) is 0 Å². The van der Waals surface area contributed by atoms with Gasteiger partial charge in [0, 0.05) is 43.6 Å². The van der Waals surface area contributed by atoms with Crippen molar-refractivity contribution in [1.82, 2.24) is 4.90 Å². The summed E-state index contributed by atoms with van der Waals surface area (Å²) < 4.78 is 5.55. The van der Waals surface area contributed by atoms with Gasteiger partial charge in [0.2, 0.25) is 11.8 Å². The van der Waals surface area contributed by atoms with Crippen molar-refractivity contribution in [1.29, 1.82) is 0 Å². The topological polar surface area (TPSA) is 87.9 Å². The summed E-state index contributed by atoms with van der Waals surface area (Å²) in [4.78, 5) is 30.4. The lowest BCUT2D eigenvalue weighted by Crippen LogP contribution is -2.44. The molecule has 1 heterocycles. The Morgan fingerprint density at radius 2 is 1.61 bits per heavy atom. The van der Waals surface area contributed by atoms with Gasteiger partial charge in [0.1, 0.15) is 0 Å². The molecule has 6 rings (SSSR count). The van der Waals surface area contributed by atoms with Gasteiger partial charge in [-0.1, -0.05) is 24.3 Å². The number of rotatable bonds is 8. The van der Waals surface area contributed by atoms with Crippen LogP contribution < -0.4 is 16.0 Å². The number of ether oxygens (including phenoxy) is 1. The lowest BCUT2D eigenvalue weighted by molar-refractivity contribution is -0.136. The van der Waals surface area contributed by atoms with E-state index in [2.05, 4.69) is 57.6 Å². The Hall–Kier alpha value is -2.90. The number of amides is 2. The Balaban J connectivity index is 1.25. The van der Waals surface area contributed by atoms with Crippen molar-refractivity contribution in [3.8, 4) is 11.1 Å². The maximum atomic E-state index is 13.3. The molecular weight excluding hydrogens is 476 g/mol. The SMILES string of the molecule is NC1CCC(N(Cc2cccc(-c3ccc(N4CCOCC4)c(NC(=O)C4CC4)c3)c2)C(=O)C2CC2)CC1. The van der Waals surface area contributed by atoms with E-state index in [9.17, 15) is 9.59 Å². The van der Waals surface area contributed by atoms with Crippen molar-refractivity contribution >= 4 is 23.2 Å². The zero-order valence-electron chi connectivity index (χ0n) is 22.2. The Bertz CT molecular complexity index is 1160. The first kappa shape index (κ1) is 25.4. The molecular formula is C31H40N4O3. The maximum absolute atomic E-state index is 13.3. The van der Waals surface area contributed by atoms with Crippen LogP contribution in [0.15, 0.2) is 42.5 Å². The third-order valence-corrected chi connectivity index (χ3v) is 8.56. The van der Waals surface area contributed by atoms with Crippen LogP contribution in [0.4, 0.5) is 11.4 Å². The van der Waals surface area contributed by atoms with E-state index in [1.54, 1.807) is 0 Å². The summed E-state index contributed by atoms with van der Waals surface area (Å²) in [5, 5.41) is 3.22. The van der Waals surface area contributed by atoms with Gasteiger partial charge in [-0.15, -0.1) is 0 Å². The molecule has 0 aromatic heterocycles. The van der Waals surface area contributed by atoms with Crippen molar-refractivity contribution in [3.63, 3.8) is 0 Å². The van der Waals surface area contributed by atoms with Gasteiger partial charge in [-0.05, 0) is 86.3 Å². The van der Waals surface area contributed by atoms with Crippen LogP contribution in [0.25, 0.3) is 11.1 Å². The Kier molecular flexibility index (Phi) is 7.39. The molecule has 0 unspecified atom stereocenters. The minimum absolute atomic E-state index is 0.117. The van der Waals surface area contributed by atoms with Gasteiger partial charge in [0.05, 0.1) is 24.6 Å². The summed E-state index contributed by atoms with van der Waals surface area (Å²) in [6, 6.07) is 15.5. The summed E-state index contributed by atoms with van der Waals surface area (Å²) in [5.41, 5.74) is 11.4. The van der Waals surface area contributed by atoms with Gasteiger partial charge >= 0.3 is 0 Å². The number of benzene rings is 2. The first-order valence-corrected chi connectivity index (χ1v) is 14.5. The number of nitrogens with one attached hydrogen (secondary N) is 1. The first-order valence-electron chi connectivity index (χ1n) is 14.5. The van der Waals surface area contributed by atoms with Crippen molar-refractivity contribution in [2.45, 2.75) is 70.0 Å². The molecule has 202 valence electrons. The minimum atomic E-state index is 0.117. The normalized spacial score (nSPS) is 23.7. The van der Waals surface area contributed by atoms with Gasteiger partial charge < -0.3 is 25.6 Å². The molecule has 7 heteroatoms. The van der Waals surface area contributed by atoms with E-state index in [0.29, 0.717) is 25.7 Å². The van der Waals surface area contributed by atoms with Crippen molar-refractivity contribution in [3.05, 3.63) is 48.0 Å². The lowest BCUT2D eigenvalue weighted by atomic mass is 9.90. The third kappa shape index (κ3) is 5.89. The van der Waals surface area contributed by atoms with Crippen LogP contribution in [0, 0.1) is 11.8 Å². The van der Waals surface area contributed by atoms with Crippen LogP contribution >= 0.6 is 0 Å². The van der Waals surface area contributed by atoms with Gasteiger partial charge in [-0.3, -0.25) is 9.59 Å². The fourth-order valence-electron chi connectivity index (χ4n) is 5.89. The number of hydrogen-bond donors (Lipinski definition) is 2. The zero-order valence-corrected chi connectivity index (χ0v) is 22.2. The highest BCUT2D eigenvalue weighted by atomic mass is 16.5. The number of anilines is 2. The molecule has 0 atom stereocenters. The maximum Gasteiger partial charge on any atom is 0.227 e. The molecule has 0 bridgehead atoms. The summed E-state index contributed by atoms with van der Waals surface area (Å²) >= 11 is 0. The van der Waals surface area contributed by atoms with Gasteiger partial charge in [-0.2, -0.15) is 0 Å². The van der Waals surface area contributed by atoms with E-state index in [0.717, 1.165) is 92.5 Å². The van der Waals surface area contributed by atoms with E-state index in [-0.39, 0.29) is 29.8 Å². The van der Waals surface area contributed by atoms with E-state index in [1.165, 1.54) is 0 Å². The molecule has 2 aromatic carbocycles. The molecule has 0 radical (unpaired) electrons. The molecule has 1 aliphatic heterocycles. The van der Waals surface area contributed by atoms with Gasteiger partial charge in [0.15, 0.2) is 0 Å². The molecule has 1 saturated heterocycles. The molecule has 7 nitrogen and oxygen atoms in total. The smallest absolute Gasteiger partial charge is 0.227 e. The monoisotopic (exact) mass is 516 g/mol. The van der Waals surface area contributed by atoms with Crippen LogP contribution in [0.5, 0.6) is 0 Å². The van der Waals surface area contributed by atoms with Crippen molar-refractivity contribution < 1.29 is 14.3 Å². The minimum Gasteiger partial charge on any atom is -0.378 e. The molecule has 3 N–H and O–H groups in total. The number of hydrogen-bond acceptors (Lipinski definition) is 5. The Morgan fingerprint density at radius 1 is 0.895 bits per heavy atom. The predicted octanol–water partition coefficient (Wildman–Crippen LogP) is 4.55. The van der Waals surface area contributed by atoms with Gasteiger partial charge in [-0.25, -0.2) is 0 Å². The van der Waals surface area contributed by atoms with Crippen LogP contribution in [0.1, 0.15) is 56.9 Å². The van der Waals surface area contributed by atoms with E-state index >= 15 is 0 Å². The summed E-state index contributed by atoms with van der Waals surface area (Å²) in [5.74, 6) is 0.783. The third-order valence-electron chi connectivity index (χ3n) is 8.56. The fraction of sp³-hybridized carbons (Fsp3) is 0.548. The van der Waals surface area contributed by atoms with Crippen molar-refractivity contribution in [2.75, 3.05) is 36.5 Å². The fourth-order valence-corrected chi connectivity index (χ4v) is 5.89. The van der Waals surface area contributed by atoms with Crippen LogP contribution in [-0.4, -0.2) is 55.1 Å². The standard InChI is InChI=1S/C31H40N4O3/c32-26-9-11-27(12-10-26)35(31(37)23-6-7-23)20-21-2-1-3-24(18-21)25-8-13-29(34-14-16-38-17-15-34)28(19-25)33-30(36)22-4-5-22/h1-3,8,13,18-19,22-23,26-27H,4-7,9-12,14-17,20,32H2,(H,33,36). The van der Waals surface area contributed by atoms with E-state index < -0.39 is 0 Å². The number of carbonyl (C=O) groups excluding carboxylic acids is 2. The summed E-state index contributed by atoms with van der Waals surface area (Å²) in [6.45, 7) is 3.67. The highest BCUT2D eigenvalue weighted by molar-refractivity contribution is 5.98. The Morgan fingerprint density at radius 3 is 2.32 bits per heavy atom. The highest BCUT2D eigenvalue weighted by Gasteiger charge is 2.37. The molecule has 3 saturated carbocycles. The van der Waals surface area contributed by atoms with Crippen molar-refractivity contribution in [2.24, 2.45) is 17.6 Å². The molecule has 3 aliphatic carbocycles. The van der Waals surface area contributed by atoms with E-state index in [1.807, 2.05) is 0 Å². The first-order chi connectivity index (χ1) is 18.5. The molecule has 4 fully saturated rings. The lowest BCUT2D eigenvalue weighted by Gasteiger charge is -2.36. The van der Waals surface area contributed by atoms with Crippen LogP contribution in [0.3, 0.4) is 0 Å². The van der Waals surface area contributed by atoms with Crippen LogP contribution in [-0.2, 0) is 20.9 Å². The quantitative estimate of drug-likeness (QED) is 0.538. The number of carbonyl (C=O) groups is 2. The predicted molar refractivity (Wildman–Crippen MR) is 150 cm³/mol. The Labute approximate surface area is 225 Å². The average Bonchev–Trinajstić information content (AvgIpc) is 3.86. The summed E-state index contributed by atoms with van der Waals surface area (Å²) in [6.07, 6.45) is 7.96. The second-order valence-corrected chi connectivity index (χ2v) is 11.6. The number of nitrogens with zero attached hydrogens (tertiary/aromatic N) is 2. The van der Waals surface area contributed by atoms with E-state index in [4.69, 9.17) is 10.5 Å². The second kappa shape index (κ2) is 11.1. The number of nitrogens with two attached hydrogens (primary N) is 1. The summed E-state index contributed by atoms with van der Waals surface area (Å²) in [7, 11) is 0. The van der Waals surface area contributed by atoms with Crippen LogP contribution in [0.2, 0.25) is 0 Å². The molecule has 2 amide bonds. The largest absolute Gasteiger partial charge is 0.378 e.